The van der Waals surface area contributed by atoms with Gasteiger partial charge in [-0.3, -0.25) is 9.59 Å². The van der Waals surface area contributed by atoms with Gasteiger partial charge in [-0.2, -0.15) is 5.10 Å². The Labute approximate surface area is 175 Å². The molecule has 0 radical (unpaired) electrons. The lowest BCUT2D eigenvalue weighted by atomic mass is 10.1. The summed E-state index contributed by atoms with van der Waals surface area (Å²) in [5, 5.41) is 8.34. The lowest BCUT2D eigenvalue weighted by Crippen LogP contribution is -2.23. The summed E-state index contributed by atoms with van der Waals surface area (Å²) < 4.78 is 1.99. The number of nitrogens with one attached hydrogen (secondary N) is 1. The topological polar surface area (TPSA) is 80.1 Å². The highest BCUT2D eigenvalue weighted by atomic mass is 16.2. The number of amides is 2. The summed E-state index contributed by atoms with van der Waals surface area (Å²) in [6, 6.07) is 9.64. The molecule has 1 aliphatic heterocycles. The molecule has 3 aromatic rings. The molecule has 0 unspecified atom stereocenters. The van der Waals surface area contributed by atoms with Crippen LogP contribution in [0.25, 0.3) is 11.0 Å². The molecule has 1 aliphatic carbocycles. The number of aryl methyl sites for hydroxylation is 1. The van der Waals surface area contributed by atoms with Gasteiger partial charge in [0.05, 0.1) is 23.2 Å². The van der Waals surface area contributed by atoms with Crippen molar-refractivity contribution in [2.24, 2.45) is 0 Å². The molecule has 1 aromatic carbocycles. The number of hydrogen-bond acceptors (Lipinski definition) is 4. The Balaban J connectivity index is 1.45. The molecule has 2 aromatic heterocycles. The quantitative estimate of drug-likeness (QED) is 0.707. The predicted octanol–water partition coefficient (Wildman–Crippen LogP) is 4.23. The molecule has 1 saturated heterocycles. The van der Waals surface area contributed by atoms with Gasteiger partial charge < -0.3 is 10.2 Å². The standard InChI is InChI=1S/C23H25N5O2/c1-15-12-19(20-14-24-28(22(20)25-15)17-7-2-3-8-17)23(30)26-16-6-4-9-18(13-16)27-11-5-10-21(27)29/h4,6,9,12-14,17H,2-3,5,7-8,10-11H2,1H3,(H,26,30). The third-order valence-electron chi connectivity index (χ3n) is 6.10. The largest absolute Gasteiger partial charge is 0.322 e. The number of benzene rings is 1. The van der Waals surface area contributed by atoms with E-state index in [0.717, 1.165) is 48.2 Å². The van der Waals surface area contributed by atoms with Crippen LogP contribution in [0.15, 0.2) is 36.5 Å². The van der Waals surface area contributed by atoms with Gasteiger partial charge in [-0.25, -0.2) is 9.67 Å². The molecule has 7 heteroatoms. The first-order valence-electron chi connectivity index (χ1n) is 10.7. The predicted molar refractivity (Wildman–Crippen MR) is 116 cm³/mol. The van der Waals surface area contributed by atoms with Crippen molar-refractivity contribution < 1.29 is 9.59 Å². The maximum absolute atomic E-state index is 13.2. The number of carbonyl (C=O) groups is 2. The average molecular weight is 403 g/mol. The van der Waals surface area contributed by atoms with E-state index in [1.54, 1.807) is 11.1 Å². The molecule has 2 amide bonds. The fraction of sp³-hybridized carbons (Fsp3) is 0.391. The van der Waals surface area contributed by atoms with Crippen LogP contribution in [0.4, 0.5) is 11.4 Å². The summed E-state index contributed by atoms with van der Waals surface area (Å²) in [6.45, 7) is 2.63. The van der Waals surface area contributed by atoms with E-state index in [1.165, 1.54) is 12.8 Å². The van der Waals surface area contributed by atoms with E-state index in [1.807, 2.05) is 41.9 Å². The van der Waals surface area contributed by atoms with Crippen LogP contribution in [-0.4, -0.2) is 33.1 Å². The zero-order valence-corrected chi connectivity index (χ0v) is 17.1. The Morgan fingerprint density at radius 1 is 1.17 bits per heavy atom. The number of aromatic nitrogens is 3. The highest BCUT2D eigenvalue weighted by Crippen LogP contribution is 2.32. The van der Waals surface area contributed by atoms with Crippen LogP contribution < -0.4 is 10.2 Å². The van der Waals surface area contributed by atoms with Crippen molar-refractivity contribution in [3.8, 4) is 0 Å². The van der Waals surface area contributed by atoms with Crippen LogP contribution in [0.2, 0.25) is 0 Å². The Morgan fingerprint density at radius 2 is 2.00 bits per heavy atom. The molecule has 154 valence electrons. The smallest absolute Gasteiger partial charge is 0.256 e. The Kier molecular flexibility index (Phi) is 4.73. The zero-order chi connectivity index (χ0) is 20.7. The summed E-state index contributed by atoms with van der Waals surface area (Å²) in [5.41, 5.74) is 3.64. The zero-order valence-electron chi connectivity index (χ0n) is 17.1. The molecule has 7 nitrogen and oxygen atoms in total. The van der Waals surface area contributed by atoms with Gasteiger partial charge in [0.25, 0.3) is 5.91 Å². The van der Waals surface area contributed by atoms with Crippen molar-refractivity contribution in [3.05, 3.63) is 47.8 Å². The summed E-state index contributed by atoms with van der Waals surface area (Å²) >= 11 is 0. The monoisotopic (exact) mass is 403 g/mol. The van der Waals surface area contributed by atoms with Crippen LogP contribution in [-0.2, 0) is 4.79 Å². The number of pyridine rings is 1. The van der Waals surface area contributed by atoms with Crippen molar-refractivity contribution >= 4 is 34.2 Å². The maximum Gasteiger partial charge on any atom is 0.256 e. The van der Waals surface area contributed by atoms with Gasteiger partial charge in [-0.1, -0.05) is 18.9 Å². The van der Waals surface area contributed by atoms with Crippen LogP contribution >= 0.6 is 0 Å². The van der Waals surface area contributed by atoms with Gasteiger partial charge >= 0.3 is 0 Å². The Hall–Kier alpha value is -3.22. The molecule has 0 atom stereocenters. The van der Waals surface area contributed by atoms with Crippen molar-refractivity contribution in [2.45, 2.75) is 51.5 Å². The second-order valence-electron chi connectivity index (χ2n) is 8.23. The van der Waals surface area contributed by atoms with E-state index in [0.29, 0.717) is 23.7 Å². The normalized spacial score (nSPS) is 17.2. The number of nitrogens with zero attached hydrogens (tertiary/aromatic N) is 4. The van der Waals surface area contributed by atoms with E-state index in [9.17, 15) is 9.59 Å². The fourth-order valence-electron chi connectivity index (χ4n) is 4.62. The molecule has 1 N–H and O–H groups in total. The minimum atomic E-state index is -0.193. The number of fused-ring (bicyclic) bond motifs is 1. The van der Waals surface area contributed by atoms with Gasteiger partial charge in [-0.05, 0) is 50.5 Å². The molecule has 30 heavy (non-hydrogen) atoms. The third-order valence-corrected chi connectivity index (χ3v) is 6.10. The van der Waals surface area contributed by atoms with Gasteiger partial charge in [0.1, 0.15) is 0 Å². The molecular weight excluding hydrogens is 378 g/mol. The Bertz CT molecular complexity index is 1130. The van der Waals surface area contributed by atoms with E-state index in [-0.39, 0.29) is 11.8 Å². The summed E-state index contributed by atoms with van der Waals surface area (Å²) in [4.78, 5) is 31.7. The lowest BCUT2D eigenvalue weighted by molar-refractivity contribution is -0.117. The van der Waals surface area contributed by atoms with Gasteiger partial charge in [0.15, 0.2) is 5.65 Å². The van der Waals surface area contributed by atoms with Crippen LogP contribution in [0.5, 0.6) is 0 Å². The highest BCUT2D eigenvalue weighted by molar-refractivity contribution is 6.12. The maximum atomic E-state index is 13.2. The van der Waals surface area contributed by atoms with Crippen LogP contribution in [0.3, 0.4) is 0 Å². The van der Waals surface area contributed by atoms with E-state index in [4.69, 9.17) is 0 Å². The molecule has 3 heterocycles. The number of carbonyl (C=O) groups excluding carboxylic acids is 2. The highest BCUT2D eigenvalue weighted by Gasteiger charge is 2.24. The molecule has 5 rings (SSSR count). The molecule has 2 fully saturated rings. The summed E-state index contributed by atoms with van der Waals surface area (Å²) in [6.07, 6.45) is 7.84. The van der Waals surface area contributed by atoms with Crippen LogP contribution in [0.1, 0.15) is 60.6 Å². The number of rotatable bonds is 4. The molecule has 0 spiro atoms. The first kappa shape index (κ1) is 18.8. The lowest BCUT2D eigenvalue weighted by Gasteiger charge is -2.17. The second-order valence-corrected chi connectivity index (χ2v) is 8.23. The van der Waals surface area contributed by atoms with Crippen molar-refractivity contribution in [2.75, 3.05) is 16.8 Å². The van der Waals surface area contributed by atoms with Crippen LogP contribution in [0, 0.1) is 6.92 Å². The van der Waals surface area contributed by atoms with Gasteiger partial charge in [-0.15, -0.1) is 0 Å². The molecule has 0 bridgehead atoms. The average Bonchev–Trinajstić information content (AvgIpc) is 3.47. The number of anilines is 2. The SMILES string of the molecule is Cc1cc(C(=O)Nc2cccc(N3CCCC3=O)c2)c2cnn(C3CCCC3)c2n1. The van der Waals surface area contributed by atoms with E-state index >= 15 is 0 Å². The first-order chi connectivity index (χ1) is 14.6. The van der Waals surface area contributed by atoms with Crippen molar-refractivity contribution in [1.82, 2.24) is 14.8 Å². The summed E-state index contributed by atoms with van der Waals surface area (Å²) in [7, 11) is 0. The minimum Gasteiger partial charge on any atom is -0.322 e. The van der Waals surface area contributed by atoms with Gasteiger partial charge in [0.2, 0.25) is 5.91 Å². The minimum absolute atomic E-state index is 0.129. The van der Waals surface area contributed by atoms with E-state index < -0.39 is 0 Å². The molecular formula is C23H25N5O2. The van der Waals surface area contributed by atoms with Crippen molar-refractivity contribution in [1.29, 1.82) is 0 Å². The van der Waals surface area contributed by atoms with Crippen molar-refractivity contribution in [3.63, 3.8) is 0 Å². The molecule has 1 saturated carbocycles. The third kappa shape index (κ3) is 3.34. The van der Waals surface area contributed by atoms with E-state index in [2.05, 4.69) is 15.4 Å². The first-order valence-corrected chi connectivity index (χ1v) is 10.7. The second kappa shape index (κ2) is 7.55. The molecule has 2 aliphatic rings. The Morgan fingerprint density at radius 3 is 2.77 bits per heavy atom. The van der Waals surface area contributed by atoms with Gasteiger partial charge in [0, 0.05) is 30.0 Å². The summed E-state index contributed by atoms with van der Waals surface area (Å²) in [5.74, 6) is -0.0642. The number of hydrogen-bond donors (Lipinski definition) is 1. The fourth-order valence-corrected chi connectivity index (χ4v) is 4.62.